The highest BCUT2D eigenvalue weighted by atomic mass is 19.3. The fourth-order valence-corrected chi connectivity index (χ4v) is 0.919. The molecule has 66 valence electrons. The van der Waals surface area contributed by atoms with Gasteiger partial charge in [0.15, 0.2) is 0 Å². The Morgan fingerprint density at radius 2 is 1.92 bits per heavy atom. The molecule has 0 unspecified atom stereocenters. The molecule has 1 aromatic rings. The van der Waals surface area contributed by atoms with Crippen molar-refractivity contribution in [3.63, 3.8) is 0 Å². The summed E-state index contributed by atoms with van der Waals surface area (Å²) in [6, 6.07) is 3.16. The molecule has 12 heavy (non-hydrogen) atoms. The number of benzene rings is 1. The van der Waals surface area contributed by atoms with Crippen LogP contribution in [0.25, 0.3) is 0 Å². The molecule has 1 rings (SSSR count). The van der Waals surface area contributed by atoms with Crippen LogP contribution in [0.3, 0.4) is 0 Å². The molecule has 0 amide bonds. The maximum Gasteiger partial charge on any atom is 0.263 e. The molecule has 0 radical (unpaired) electrons. The van der Waals surface area contributed by atoms with E-state index in [-0.39, 0.29) is 12.1 Å². The maximum atomic E-state index is 12.6. The van der Waals surface area contributed by atoms with Gasteiger partial charge in [-0.3, -0.25) is 0 Å². The average molecular weight is 175 g/mol. The predicted octanol–water partition coefficient (Wildman–Crippen LogP) is 2.22. The maximum absolute atomic E-state index is 12.6. The highest BCUT2D eigenvalue weighted by Crippen LogP contribution is 2.20. The predicted molar refractivity (Wildman–Crippen MR) is 39.2 cm³/mol. The summed E-state index contributed by atoms with van der Waals surface area (Å²) < 4.78 is 36.7. The summed E-state index contributed by atoms with van der Waals surface area (Å²) in [5.74, 6) is -0.673. The summed E-state index contributed by atoms with van der Waals surface area (Å²) in [5, 5.41) is 0. The second-order valence-corrected chi connectivity index (χ2v) is 2.40. The third-order valence-electron chi connectivity index (χ3n) is 1.47. The van der Waals surface area contributed by atoms with Crippen LogP contribution in [0.2, 0.25) is 0 Å². The highest BCUT2D eigenvalue weighted by Gasteiger charge is 2.08. The van der Waals surface area contributed by atoms with Crippen LogP contribution in [0, 0.1) is 5.82 Å². The lowest BCUT2D eigenvalue weighted by molar-refractivity contribution is 0.151. The first-order chi connectivity index (χ1) is 5.63. The van der Waals surface area contributed by atoms with Crippen molar-refractivity contribution in [2.75, 3.05) is 0 Å². The minimum absolute atomic E-state index is 0.0669. The lowest BCUT2D eigenvalue weighted by Gasteiger charge is -2.02. The van der Waals surface area contributed by atoms with Crippen LogP contribution < -0.4 is 5.73 Å². The number of hydrogen-bond acceptors (Lipinski definition) is 1. The lowest BCUT2D eigenvalue weighted by Crippen LogP contribution is -1.98. The van der Waals surface area contributed by atoms with Crippen molar-refractivity contribution in [2.24, 2.45) is 5.73 Å². The second kappa shape index (κ2) is 3.58. The minimum Gasteiger partial charge on any atom is -0.326 e. The van der Waals surface area contributed by atoms with Crippen LogP contribution in [0.5, 0.6) is 0 Å². The van der Waals surface area contributed by atoms with Gasteiger partial charge in [0.2, 0.25) is 0 Å². The molecule has 0 fully saturated rings. The average Bonchev–Trinajstić information content (AvgIpc) is 2.03. The van der Waals surface area contributed by atoms with Crippen LogP contribution >= 0.6 is 0 Å². The number of alkyl halides is 2. The van der Waals surface area contributed by atoms with Gasteiger partial charge >= 0.3 is 0 Å². The van der Waals surface area contributed by atoms with E-state index in [1.54, 1.807) is 0 Å². The smallest absolute Gasteiger partial charge is 0.263 e. The third-order valence-corrected chi connectivity index (χ3v) is 1.47. The lowest BCUT2D eigenvalue weighted by atomic mass is 10.1. The highest BCUT2D eigenvalue weighted by molar-refractivity contribution is 5.25. The molecule has 0 heterocycles. The number of hydrogen-bond donors (Lipinski definition) is 1. The Labute approximate surface area is 68.0 Å². The quantitative estimate of drug-likeness (QED) is 0.732. The zero-order valence-electron chi connectivity index (χ0n) is 6.23. The SMILES string of the molecule is NCc1cc(F)cc(C(F)F)c1. The van der Waals surface area contributed by atoms with E-state index in [0.717, 1.165) is 12.1 Å². The monoisotopic (exact) mass is 175 g/mol. The van der Waals surface area contributed by atoms with Gasteiger partial charge in [-0.25, -0.2) is 13.2 Å². The van der Waals surface area contributed by atoms with Crippen LogP contribution in [0.1, 0.15) is 17.6 Å². The Kier molecular flexibility index (Phi) is 2.70. The Morgan fingerprint density at radius 3 is 2.42 bits per heavy atom. The molecule has 0 aliphatic carbocycles. The van der Waals surface area contributed by atoms with Gasteiger partial charge in [0.05, 0.1) is 0 Å². The third kappa shape index (κ3) is 1.98. The summed E-state index contributed by atoms with van der Waals surface area (Å²) in [6.07, 6.45) is -2.65. The van der Waals surface area contributed by atoms with Gasteiger partial charge in [-0.2, -0.15) is 0 Å². The van der Waals surface area contributed by atoms with Gasteiger partial charge in [0.25, 0.3) is 6.43 Å². The van der Waals surface area contributed by atoms with Gasteiger partial charge in [-0.15, -0.1) is 0 Å². The molecule has 0 saturated heterocycles. The van der Waals surface area contributed by atoms with Gasteiger partial charge in [-0.1, -0.05) is 0 Å². The molecule has 1 aromatic carbocycles. The van der Waals surface area contributed by atoms with Gasteiger partial charge in [0, 0.05) is 12.1 Å². The molecule has 0 aliphatic heterocycles. The fraction of sp³-hybridized carbons (Fsp3) is 0.250. The largest absolute Gasteiger partial charge is 0.326 e. The Balaban J connectivity index is 3.06. The molecule has 0 aromatic heterocycles. The van der Waals surface area contributed by atoms with Crippen molar-refractivity contribution in [3.8, 4) is 0 Å². The van der Waals surface area contributed by atoms with Gasteiger partial charge in [0.1, 0.15) is 5.82 Å². The molecule has 2 N–H and O–H groups in total. The topological polar surface area (TPSA) is 26.0 Å². The number of halogens is 3. The van der Waals surface area contributed by atoms with E-state index in [9.17, 15) is 13.2 Å². The van der Waals surface area contributed by atoms with E-state index in [2.05, 4.69) is 0 Å². The zero-order chi connectivity index (χ0) is 9.14. The fourth-order valence-electron chi connectivity index (χ4n) is 0.919. The number of nitrogens with two attached hydrogens (primary N) is 1. The summed E-state index contributed by atoms with van der Waals surface area (Å²) in [4.78, 5) is 0. The molecular weight excluding hydrogens is 167 g/mol. The Bertz CT molecular complexity index is 273. The van der Waals surface area contributed by atoms with Crippen molar-refractivity contribution < 1.29 is 13.2 Å². The molecule has 0 bridgehead atoms. The molecule has 0 spiro atoms. The van der Waals surface area contributed by atoms with Crippen LogP contribution in [-0.2, 0) is 6.54 Å². The van der Waals surface area contributed by atoms with Gasteiger partial charge in [-0.05, 0) is 23.8 Å². The molecule has 0 aliphatic rings. The molecule has 0 saturated carbocycles. The van der Waals surface area contributed by atoms with E-state index >= 15 is 0 Å². The van der Waals surface area contributed by atoms with E-state index in [1.165, 1.54) is 6.07 Å². The molecule has 4 heteroatoms. The van der Waals surface area contributed by atoms with Gasteiger partial charge < -0.3 is 5.73 Å². The van der Waals surface area contributed by atoms with Crippen molar-refractivity contribution in [3.05, 3.63) is 35.1 Å². The van der Waals surface area contributed by atoms with E-state index in [0.29, 0.717) is 5.56 Å². The van der Waals surface area contributed by atoms with E-state index in [1.807, 2.05) is 0 Å². The van der Waals surface area contributed by atoms with Crippen LogP contribution in [0.4, 0.5) is 13.2 Å². The zero-order valence-corrected chi connectivity index (χ0v) is 6.23. The molecular formula is C8H8F3N. The van der Waals surface area contributed by atoms with Crippen molar-refractivity contribution in [1.29, 1.82) is 0 Å². The summed E-state index contributed by atoms with van der Waals surface area (Å²) >= 11 is 0. The van der Waals surface area contributed by atoms with E-state index in [4.69, 9.17) is 5.73 Å². The number of rotatable bonds is 2. The summed E-state index contributed by atoms with van der Waals surface area (Å²) in [6.45, 7) is 0.0669. The summed E-state index contributed by atoms with van der Waals surface area (Å²) in [7, 11) is 0. The van der Waals surface area contributed by atoms with Crippen molar-refractivity contribution >= 4 is 0 Å². The Hall–Kier alpha value is -1.03. The first-order valence-corrected chi connectivity index (χ1v) is 3.41. The standard InChI is InChI=1S/C8H8F3N/c9-7-2-5(4-12)1-6(3-7)8(10)11/h1-3,8H,4,12H2. The minimum atomic E-state index is -2.65. The molecule has 0 atom stereocenters. The normalized spacial score (nSPS) is 10.8. The van der Waals surface area contributed by atoms with Crippen molar-refractivity contribution in [2.45, 2.75) is 13.0 Å². The second-order valence-electron chi connectivity index (χ2n) is 2.40. The van der Waals surface area contributed by atoms with Crippen LogP contribution in [0.15, 0.2) is 18.2 Å². The van der Waals surface area contributed by atoms with Crippen LogP contribution in [-0.4, -0.2) is 0 Å². The van der Waals surface area contributed by atoms with Crippen molar-refractivity contribution in [1.82, 2.24) is 0 Å². The summed E-state index contributed by atoms with van der Waals surface area (Å²) in [5.41, 5.74) is 5.23. The Morgan fingerprint density at radius 1 is 1.25 bits per heavy atom. The first-order valence-electron chi connectivity index (χ1n) is 3.41. The van der Waals surface area contributed by atoms with E-state index < -0.39 is 12.2 Å². The first kappa shape index (κ1) is 9.06. The molecule has 1 nitrogen and oxygen atoms in total.